The van der Waals surface area contributed by atoms with Gasteiger partial charge in [-0.3, -0.25) is 4.79 Å². The van der Waals surface area contributed by atoms with Crippen molar-refractivity contribution in [2.75, 3.05) is 18.4 Å². The number of piperidine rings is 1. The van der Waals surface area contributed by atoms with Crippen molar-refractivity contribution in [1.29, 1.82) is 0 Å². The van der Waals surface area contributed by atoms with Crippen LogP contribution in [-0.4, -0.2) is 46.8 Å². The first-order valence-corrected chi connectivity index (χ1v) is 11.9. The van der Waals surface area contributed by atoms with Gasteiger partial charge < -0.3 is 9.84 Å². The maximum Gasteiger partial charge on any atom is 0.244 e. The fraction of sp³-hybridized carbons (Fsp3) is 0.333. The lowest BCUT2D eigenvalue weighted by Crippen LogP contribution is -2.41. The van der Waals surface area contributed by atoms with E-state index in [-0.39, 0.29) is 40.7 Å². The molecule has 32 heavy (non-hydrogen) atoms. The van der Waals surface area contributed by atoms with Gasteiger partial charge in [-0.2, -0.15) is 9.29 Å². The van der Waals surface area contributed by atoms with E-state index in [0.29, 0.717) is 30.1 Å². The third kappa shape index (κ3) is 4.67. The lowest BCUT2D eigenvalue weighted by Gasteiger charge is -2.30. The first-order chi connectivity index (χ1) is 15.2. The average Bonchev–Trinajstić information content (AvgIpc) is 3.20. The lowest BCUT2D eigenvalue weighted by molar-refractivity contribution is -0.120. The number of hydrogen-bond acceptors (Lipinski definition) is 7. The van der Waals surface area contributed by atoms with Crippen LogP contribution in [-0.2, 0) is 14.8 Å². The Morgan fingerprint density at radius 1 is 1.19 bits per heavy atom. The van der Waals surface area contributed by atoms with E-state index in [9.17, 15) is 13.2 Å². The summed E-state index contributed by atoms with van der Waals surface area (Å²) in [6.07, 6.45) is 2.43. The molecule has 0 saturated carbocycles. The van der Waals surface area contributed by atoms with Gasteiger partial charge in [-0.25, -0.2) is 13.4 Å². The molecule has 2 aromatic heterocycles. The number of rotatable bonds is 5. The number of anilines is 1. The molecule has 4 rings (SSSR count). The van der Waals surface area contributed by atoms with E-state index in [1.54, 1.807) is 25.3 Å². The average molecular weight is 476 g/mol. The third-order valence-corrected chi connectivity index (χ3v) is 7.71. The Labute approximate surface area is 190 Å². The van der Waals surface area contributed by atoms with Gasteiger partial charge in [0.1, 0.15) is 10.7 Å². The molecule has 0 bridgehead atoms. The third-order valence-electron chi connectivity index (χ3n) is 5.33. The molecule has 3 aromatic rings. The molecule has 0 spiro atoms. The summed E-state index contributed by atoms with van der Waals surface area (Å²) < 4.78 is 32.9. The highest BCUT2D eigenvalue weighted by atomic mass is 35.5. The number of nitrogens with one attached hydrogen (secondary N) is 1. The van der Waals surface area contributed by atoms with Crippen molar-refractivity contribution in [2.24, 2.45) is 5.92 Å². The standard InChI is InChI=1S/C21H22ClN5O4S/c1-13-5-8-23-19(11-13)25-21(28)15-6-9-27(10-7-15)32(29,30)18-12-16(3-4-17(18)22)20-24-14(2)31-26-20/h3-5,8,11-12,15H,6-7,9-10H2,1-2H3,(H,23,25,28). The molecule has 3 heterocycles. The van der Waals surface area contributed by atoms with Crippen molar-refractivity contribution in [2.45, 2.75) is 31.6 Å². The predicted molar refractivity (Wildman–Crippen MR) is 119 cm³/mol. The number of amides is 1. The minimum atomic E-state index is -3.86. The molecular formula is C21H22ClN5O4S. The van der Waals surface area contributed by atoms with Crippen molar-refractivity contribution in [3.63, 3.8) is 0 Å². The molecule has 0 radical (unpaired) electrons. The van der Waals surface area contributed by atoms with Crippen LogP contribution in [0, 0.1) is 19.8 Å². The zero-order chi connectivity index (χ0) is 22.9. The zero-order valence-electron chi connectivity index (χ0n) is 17.6. The predicted octanol–water partition coefficient (Wildman–Crippen LogP) is 3.44. The second-order valence-corrected chi connectivity index (χ2v) is 9.98. The second kappa shape index (κ2) is 8.97. The summed E-state index contributed by atoms with van der Waals surface area (Å²) in [6.45, 7) is 3.99. The summed E-state index contributed by atoms with van der Waals surface area (Å²) >= 11 is 6.23. The monoisotopic (exact) mass is 475 g/mol. The van der Waals surface area contributed by atoms with E-state index in [1.807, 2.05) is 13.0 Å². The van der Waals surface area contributed by atoms with Crippen LogP contribution in [0.5, 0.6) is 0 Å². The van der Waals surface area contributed by atoms with Crippen molar-refractivity contribution < 1.29 is 17.7 Å². The Morgan fingerprint density at radius 2 is 1.94 bits per heavy atom. The summed E-state index contributed by atoms with van der Waals surface area (Å²) in [5, 5.41) is 6.76. The van der Waals surface area contributed by atoms with Crippen LogP contribution in [0.2, 0.25) is 5.02 Å². The molecular weight excluding hydrogens is 454 g/mol. The number of benzene rings is 1. The number of aryl methyl sites for hydroxylation is 2. The molecule has 168 valence electrons. The largest absolute Gasteiger partial charge is 0.339 e. The highest BCUT2D eigenvalue weighted by Crippen LogP contribution is 2.31. The number of hydrogen-bond donors (Lipinski definition) is 1. The SMILES string of the molecule is Cc1ccnc(NC(=O)C2CCN(S(=O)(=O)c3cc(-c4noc(C)n4)ccc3Cl)CC2)c1. The summed E-state index contributed by atoms with van der Waals surface area (Å²) in [4.78, 5) is 20.9. The van der Waals surface area contributed by atoms with Gasteiger partial charge in [-0.05, 0) is 55.7 Å². The topological polar surface area (TPSA) is 118 Å². The van der Waals surface area contributed by atoms with E-state index in [4.69, 9.17) is 16.1 Å². The Hall–Kier alpha value is -2.82. The molecule has 1 aliphatic rings. The molecule has 1 N–H and O–H groups in total. The summed E-state index contributed by atoms with van der Waals surface area (Å²) in [5.74, 6) is 0.696. The van der Waals surface area contributed by atoms with Gasteiger partial charge in [0, 0.05) is 37.7 Å². The van der Waals surface area contributed by atoms with E-state index in [1.165, 1.54) is 16.4 Å². The molecule has 0 atom stereocenters. The first-order valence-electron chi connectivity index (χ1n) is 10.1. The molecule has 1 fully saturated rings. The lowest BCUT2D eigenvalue weighted by atomic mass is 9.97. The normalized spacial score (nSPS) is 15.6. The number of pyridine rings is 1. The number of aromatic nitrogens is 3. The summed E-state index contributed by atoms with van der Waals surface area (Å²) in [5.41, 5.74) is 1.48. The molecule has 11 heteroatoms. The second-order valence-electron chi connectivity index (χ2n) is 7.67. The van der Waals surface area contributed by atoms with Crippen LogP contribution in [0.4, 0.5) is 5.82 Å². The molecule has 0 aliphatic carbocycles. The van der Waals surface area contributed by atoms with Crippen molar-refractivity contribution in [3.8, 4) is 11.4 Å². The van der Waals surface area contributed by atoms with Gasteiger partial charge in [0.25, 0.3) is 0 Å². The number of carbonyl (C=O) groups excluding carboxylic acids is 1. The summed E-state index contributed by atoms with van der Waals surface area (Å²) in [7, 11) is -3.86. The van der Waals surface area contributed by atoms with Crippen LogP contribution in [0.3, 0.4) is 0 Å². The van der Waals surface area contributed by atoms with Crippen molar-refractivity contribution in [3.05, 3.63) is 53.0 Å². The molecule has 1 amide bonds. The highest BCUT2D eigenvalue weighted by molar-refractivity contribution is 7.89. The number of halogens is 1. The number of nitrogens with zero attached hydrogens (tertiary/aromatic N) is 4. The van der Waals surface area contributed by atoms with E-state index in [2.05, 4.69) is 20.4 Å². The van der Waals surface area contributed by atoms with Crippen molar-refractivity contribution in [1.82, 2.24) is 19.4 Å². The van der Waals surface area contributed by atoms with Gasteiger partial charge >= 0.3 is 0 Å². The fourth-order valence-corrected chi connectivity index (χ4v) is 5.56. The van der Waals surface area contributed by atoms with Gasteiger partial charge in [0.05, 0.1) is 5.02 Å². The van der Waals surface area contributed by atoms with Crippen molar-refractivity contribution >= 4 is 33.3 Å². The summed E-state index contributed by atoms with van der Waals surface area (Å²) in [6, 6.07) is 8.23. The quantitative estimate of drug-likeness (QED) is 0.600. The van der Waals surface area contributed by atoms with Gasteiger partial charge in [-0.15, -0.1) is 0 Å². The van der Waals surface area contributed by atoms with Crippen LogP contribution in [0.15, 0.2) is 45.9 Å². The molecule has 9 nitrogen and oxygen atoms in total. The molecule has 0 unspecified atom stereocenters. The van der Waals surface area contributed by atoms with E-state index < -0.39 is 10.0 Å². The number of sulfonamides is 1. The Balaban J connectivity index is 1.46. The van der Waals surface area contributed by atoms with Crippen LogP contribution in [0.1, 0.15) is 24.3 Å². The Kier molecular flexibility index (Phi) is 6.27. The fourth-order valence-electron chi connectivity index (χ4n) is 3.59. The van der Waals surface area contributed by atoms with Crippen LogP contribution in [0.25, 0.3) is 11.4 Å². The smallest absolute Gasteiger partial charge is 0.244 e. The Bertz CT molecular complexity index is 1250. The van der Waals surface area contributed by atoms with Gasteiger partial charge in [0.2, 0.25) is 27.6 Å². The molecule has 1 aliphatic heterocycles. The first kappa shape index (κ1) is 22.4. The van der Waals surface area contributed by atoms with Gasteiger partial charge in [0.15, 0.2) is 0 Å². The maximum atomic E-state index is 13.3. The highest BCUT2D eigenvalue weighted by Gasteiger charge is 2.33. The van der Waals surface area contributed by atoms with Crippen LogP contribution < -0.4 is 5.32 Å². The van der Waals surface area contributed by atoms with Crippen LogP contribution >= 0.6 is 11.6 Å². The minimum Gasteiger partial charge on any atom is -0.339 e. The molecule has 1 aromatic carbocycles. The van der Waals surface area contributed by atoms with Gasteiger partial charge in [-0.1, -0.05) is 16.8 Å². The van der Waals surface area contributed by atoms with E-state index >= 15 is 0 Å². The molecule has 1 saturated heterocycles. The zero-order valence-corrected chi connectivity index (χ0v) is 19.2. The Morgan fingerprint density at radius 3 is 2.59 bits per heavy atom. The number of carbonyl (C=O) groups is 1. The van der Waals surface area contributed by atoms with E-state index in [0.717, 1.165) is 5.56 Å². The minimum absolute atomic E-state index is 0.0222. The maximum absolute atomic E-state index is 13.3.